The lowest BCUT2D eigenvalue weighted by Crippen LogP contribution is -2.58. The number of carbonyl (C=O) groups excluding carboxylic acids is 2. The van der Waals surface area contributed by atoms with Gasteiger partial charge in [-0.3, -0.25) is 9.59 Å². The SMILES string of the molecule is CCCC[C@H]1CN(c2cccc(-c3ccccc3)c2)C(=O)CN1C(=O)c1nccn1C. The number of rotatable bonds is 6. The molecule has 0 N–H and O–H groups in total. The summed E-state index contributed by atoms with van der Waals surface area (Å²) in [5.74, 6) is 0.119. The molecule has 2 amide bonds. The van der Waals surface area contributed by atoms with E-state index in [0.29, 0.717) is 12.4 Å². The smallest absolute Gasteiger partial charge is 0.290 e. The molecular formula is C25H28N4O2. The van der Waals surface area contributed by atoms with Gasteiger partial charge in [-0.2, -0.15) is 0 Å². The first-order valence-corrected chi connectivity index (χ1v) is 10.8. The van der Waals surface area contributed by atoms with Gasteiger partial charge in [0.1, 0.15) is 6.54 Å². The second-order valence-corrected chi connectivity index (χ2v) is 8.01. The van der Waals surface area contributed by atoms with Crippen LogP contribution in [0.1, 0.15) is 36.8 Å². The highest BCUT2D eigenvalue weighted by Gasteiger charge is 2.36. The highest BCUT2D eigenvalue weighted by atomic mass is 16.2. The van der Waals surface area contributed by atoms with Crippen molar-refractivity contribution in [3.8, 4) is 11.1 Å². The number of anilines is 1. The monoisotopic (exact) mass is 416 g/mol. The normalized spacial score (nSPS) is 16.6. The van der Waals surface area contributed by atoms with Gasteiger partial charge in [0.15, 0.2) is 5.82 Å². The lowest BCUT2D eigenvalue weighted by molar-refractivity contribution is -0.121. The van der Waals surface area contributed by atoms with Crippen LogP contribution in [0.4, 0.5) is 5.69 Å². The molecule has 0 saturated carbocycles. The minimum atomic E-state index is -0.181. The number of aromatic nitrogens is 2. The van der Waals surface area contributed by atoms with Crippen LogP contribution in [0.2, 0.25) is 0 Å². The number of hydrogen-bond donors (Lipinski definition) is 0. The van der Waals surface area contributed by atoms with Crippen LogP contribution in [0.15, 0.2) is 67.0 Å². The van der Waals surface area contributed by atoms with Crippen LogP contribution < -0.4 is 4.90 Å². The first-order valence-electron chi connectivity index (χ1n) is 10.8. The van der Waals surface area contributed by atoms with E-state index in [2.05, 4.69) is 36.2 Å². The van der Waals surface area contributed by atoms with Gasteiger partial charge in [0, 0.05) is 31.7 Å². The largest absolute Gasteiger partial charge is 0.330 e. The number of amides is 2. The van der Waals surface area contributed by atoms with Gasteiger partial charge in [0.2, 0.25) is 5.91 Å². The lowest BCUT2D eigenvalue weighted by atomic mass is 10.0. The number of piperazine rings is 1. The van der Waals surface area contributed by atoms with E-state index < -0.39 is 0 Å². The fourth-order valence-electron chi connectivity index (χ4n) is 4.13. The van der Waals surface area contributed by atoms with Gasteiger partial charge < -0.3 is 14.4 Å². The molecule has 0 bridgehead atoms. The summed E-state index contributed by atoms with van der Waals surface area (Å²) < 4.78 is 1.71. The van der Waals surface area contributed by atoms with Crippen molar-refractivity contribution >= 4 is 17.5 Å². The van der Waals surface area contributed by atoms with E-state index in [1.54, 1.807) is 28.9 Å². The topological polar surface area (TPSA) is 58.4 Å². The fraction of sp³-hybridized carbons (Fsp3) is 0.320. The van der Waals surface area contributed by atoms with E-state index in [1.165, 1.54) is 0 Å². The number of imidazole rings is 1. The first-order chi connectivity index (χ1) is 15.1. The van der Waals surface area contributed by atoms with Crippen LogP contribution in [0.25, 0.3) is 11.1 Å². The molecule has 1 saturated heterocycles. The molecule has 1 aliphatic heterocycles. The lowest BCUT2D eigenvalue weighted by Gasteiger charge is -2.41. The second-order valence-electron chi connectivity index (χ2n) is 8.01. The Kier molecular flexibility index (Phi) is 6.16. The second kappa shape index (κ2) is 9.16. The molecule has 1 aromatic heterocycles. The van der Waals surface area contributed by atoms with Crippen molar-refractivity contribution in [1.82, 2.24) is 14.5 Å². The molecule has 160 valence electrons. The van der Waals surface area contributed by atoms with E-state index >= 15 is 0 Å². The van der Waals surface area contributed by atoms with Gasteiger partial charge in [-0.15, -0.1) is 0 Å². The summed E-state index contributed by atoms with van der Waals surface area (Å²) >= 11 is 0. The predicted molar refractivity (Wildman–Crippen MR) is 122 cm³/mol. The summed E-state index contributed by atoms with van der Waals surface area (Å²) in [6.45, 7) is 2.70. The summed E-state index contributed by atoms with van der Waals surface area (Å²) in [7, 11) is 1.80. The third-order valence-corrected chi connectivity index (χ3v) is 5.87. The Morgan fingerprint density at radius 2 is 1.87 bits per heavy atom. The Bertz CT molecular complexity index is 1060. The summed E-state index contributed by atoms with van der Waals surface area (Å²) in [6.07, 6.45) is 6.26. The molecule has 0 aliphatic carbocycles. The Morgan fingerprint density at radius 3 is 2.58 bits per heavy atom. The molecule has 6 heteroatoms. The van der Waals surface area contributed by atoms with Gasteiger partial charge in [-0.1, -0.05) is 62.2 Å². The molecule has 2 heterocycles. The van der Waals surface area contributed by atoms with Crippen LogP contribution in [0, 0.1) is 0 Å². The summed E-state index contributed by atoms with van der Waals surface area (Å²) in [6, 6.07) is 18.2. The van der Waals surface area contributed by atoms with Crippen molar-refractivity contribution in [1.29, 1.82) is 0 Å². The third-order valence-electron chi connectivity index (χ3n) is 5.87. The maximum Gasteiger partial charge on any atom is 0.290 e. The quantitative estimate of drug-likeness (QED) is 0.607. The first kappa shape index (κ1) is 20.8. The molecular weight excluding hydrogens is 388 g/mol. The zero-order valence-electron chi connectivity index (χ0n) is 18.1. The average molecular weight is 417 g/mol. The number of unbranched alkanes of at least 4 members (excludes halogenated alkanes) is 1. The highest BCUT2D eigenvalue weighted by Crippen LogP contribution is 2.28. The molecule has 1 atom stereocenters. The van der Waals surface area contributed by atoms with Gasteiger partial charge in [0.05, 0.1) is 6.04 Å². The van der Waals surface area contributed by atoms with Crippen molar-refractivity contribution in [3.05, 3.63) is 72.8 Å². The number of aryl methyl sites for hydroxylation is 1. The van der Waals surface area contributed by atoms with Gasteiger partial charge in [-0.05, 0) is 29.7 Å². The van der Waals surface area contributed by atoms with Gasteiger partial charge in [0.25, 0.3) is 5.91 Å². The Balaban J connectivity index is 1.61. The molecule has 0 unspecified atom stereocenters. The van der Waals surface area contributed by atoms with Crippen molar-refractivity contribution in [3.63, 3.8) is 0 Å². The van der Waals surface area contributed by atoms with Crippen LogP contribution >= 0.6 is 0 Å². The Morgan fingerprint density at radius 1 is 1.10 bits per heavy atom. The molecule has 0 spiro atoms. The maximum absolute atomic E-state index is 13.2. The minimum absolute atomic E-state index is 0.0396. The van der Waals surface area contributed by atoms with Crippen LogP contribution in [0.5, 0.6) is 0 Å². The molecule has 2 aromatic carbocycles. The summed E-state index contributed by atoms with van der Waals surface area (Å²) in [4.78, 5) is 34.0. The van der Waals surface area contributed by atoms with Crippen molar-refractivity contribution < 1.29 is 9.59 Å². The van der Waals surface area contributed by atoms with Crippen molar-refractivity contribution in [2.45, 2.75) is 32.2 Å². The van der Waals surface area contributed by atoms with Gasteiger partial charge in [-0.25, -0.2) is 4.98 Å². The molecule has 1 aliphatic rings. The molecule has 3 aromatic rings. The summed E-state index contributed by atoms with van der Waals surface area (Å²) in [5, 5.41) is 0. The number of benzene rings is 2. The fourth-order valence-corrected chi connectivity index (χ4v) is 4.13. The predicted octanol–water partition coefficient (Wildman–Crippen LogP) is 4.13. The van der Waals surface area contributed by atoms with E-state index in [-0.39, 0.29) is 24.4 Å². The van der Waals surface area contributed by atoms with E-state index in [0.717, 1.165) is 36.1 Å². The average Bonchev–Trinajstić information content (AvgIpc) is 3.24. The van der Waals surface area contributed by atoms with Crippen LogP contribution in [-0.4, -0.2) is 45.4 Å². The van der Waals surface area contributed by atoms with Crippen LogP contribution in [0.3, 0.4) is 0 Å². The zero-order valence-corrected chi connectivity index (χ0v) is 18.1. The van der Waals surface area contributed by atoms with E-state index in [4.69, 9.17) is 0 Å². The van der Waals surface area contributed by atoms with E-state index in [1.807, 2.05) is 35.2 Å². The molecule has 31 heavy (non-hydrogen) atoms. The number of nitrogens with zero attached hydrogens (tertiary/aromatic N) is 4. The maximum atomic E-state index is 13.2. The molecule has 6 nitrogen and oxygen atoms in total. The van der Waals surface area contributed by atoms with Crippen LogP contribution in [-0.2, 0) is 11.8 Å². The highest BCUT2D eigenvalue weighted by molar-refractivity contribution is 6.01. The van der Waals surface area contributed by atoms with Gasteiger partial charge >= 0.3 is 0 Å². The third kappa shape index (κ3) is 4.38. The molecule has 0 radical (unpaired) electrons. The summed E-state index contributed by atoms with van der Waals surface area (Å²) in [5.41, 5.74) is 3.06. The molecule has 4 rings (SSSR count). The Hall–Kier alpha value is -3.41. The minimum Gasteiger partial charge on any atom is -0.330 e. The molecule has 1 fully saturated rings. The zero-order chi connectivity index (χ0) is 21.8. The standard InChI is InChI=1S/C25H28N4O2/c1-3-4-12-22-17-28(21-13-8-11-20(16-21)19-9-6-5-7-10-19)23(30)18-29(22)25(31)24-26-14-15-27(24)2/h5-11,13-16,22H,3-4,12,17-18H2,1-2H3/t22-/m0/s1. The van der Waals surface area contributed by atoms with Crippen molar-refractivity contribution in [2.75, 3.05) is 18.0 Å². The van der Waals surface area contributed by atoms with E-state index in [9.17, 15) is 9.59 Å². The number of hydrogen-bond acceptors (Lipinski definition) is 3. The number of carbonyl (C=O) groups is 2. The van der Waals surface area contributed by atoms with Crippen molar-refractivity contribution in [2.24, 2.45) is 7.05 Å². The Labute approximate surface area is 183 Å².